The van der Waals surface area contributed by atoms with Gasteiger partial charge in [0.05, 0.1) is 6.33 Å². The summed E-state index contributed by atoms with van der Waals surface area (Å²) >= 11 is 14.0. The highest BCUT2D eigenvalue weighted by atomic mass is 35.5. The standard InChI is InChI=1S/C18H15Cl2FN2S/c19-15-4-1-14(17(20)9-15)11-24-18(10-23-8-7-22-12-23)13-2-5-16(21)6-3-13/h1-9,12,18H,10-11H2. The predicted octanol–water partition coefficient (Wildman–Crippen LogP) is 6.00. The Morgan fingerprint density at radius 2 is 1.92 bits per heavy atom. The minimum Gasteiger partial charge on any atom is -0.336 e. The third-order valence-electron chi connectivity index (χ3n) is 3.63. The van der Waals surface area contributed by atoms with Gasteiger partial charge in [-0.2, -0.15) is 0 Å². The van der Waals surface area contributed by atoms with Gasteiger partial charge in [0.25, 0.3) is 0 Å². The molecule has 0 bridgehead atoms. The molecule has 0 saturated carbocycles. The van der Waals surface area contributed by atoms with Crippen LogP contribution in [0, 0.1) is 5.82 Å². The molecule has 2 aromatic carbocycles. The molecule has 0 aliphatic rings. The van der Waals surface area contributed by atoms with Crippen molar-refractivity contribution in [2.45, 2.75) is 17.5 Å². The fourth-order valence-corrected chi connectivity index (χ4v) is 4.16. The van der Waals surface area contributed by atoms with Gasteiger partial charge in [0.2, 0.25) is 0 Å². The molecule has 1 aromatic heterocycles. The summed E-state index contributed by atoms with van der Waals surface area (Å²) in [5, 5.41) is 1.45. The van der Waals surface area contributed by atoms with Gasteiger partial charge in [-0.1, -0.05) is 41.4 Å². The van der Waals surface area contributed by atoms with E-state index in [4.69, 9.17) is 23.2 Å². The average molecular weight is 381 g/mol. The highest BCUT2D eigenvalue weighted by Crippen LogP contribution is 2.35. The molecule has 124 valence electrons. The molecule has 3 aromatic rings. The van der Waals surface area contributed by atoms with Crippen LogP contribution in [0.15, 0.2) is 61.2 Å². The van der Waals surface area contributed by atoms with Gasteiger partial charge in [-0.3, -0.25) is 0 Å². The third kappa shape index (κ3) is 4.53. The summed E-state index contributed by atoms with van der Waals surface area (Å²) in [7, 11) is 0. The lowest BCUT2D eigenvalue weighted by Crippen LogP contribution is -2.05. The zero-order valence-corrected chi connectivity index (χ0v) is 15.0. The second-order valence-corrected chi connectivity index (χ2v) is 7.38. The van der Waals surface area contributed by atoms with Gasteiger partial charge in [-0.25, -0.2) is 9.37 Å². The normalized spacial score (nSPS) is 12.3. The second-order valence-electron chi connectivity index (χ2n) is 5.35. The summed E-state index contributed by atoms with van der Waals surface area (Å²) in [5.41, 5.74) is 2.10. The van der Waals surface area contributed by atoms with Crippen molar-refractivity contribution in [1.29, 1.82) is 0 Å². The first-order valence-corrected chi connectivity index (χ1v) is 9.19. The summed E-state index contributed by atoms with van der Waals surface area (Å²) in [6, 6.07) is 12.2. The van der Waals surface area contributed by atoms with Gasteiger partial charge in [-0.05, 0) is 35.4 Å². The molecule has 0 spiro atoms. The Hall–Kier alpha value is -1.49. The van der Waals surface area contributed by atoms with Gasteiger partial charge < -0.3 is 4.57 Å². The van der Waals surface area contributed by atoms with E-state index in [1.807, 2.05) is 35.0 Å². The Bertz CT molecular complexity index is 791. The van der Waals surface area contributed by atoms with Crippen molar-refractivity contribution in [3.8, 4) is 0 Å². The Kier molecular flexibility index (Phi) is 5.82. The van der Waals surface area contributed by atoms with Crippen molar-refractivity contribution in [3.05, 3.63) is 88.2 Å². The minimum absolute atomic E-state index is 0.159. The van der Waals surface area contributed by atoms with Crippen LogP contribution in [0.5, 0.6) is 0 Å². The van der Waals surface area contributed by atoms with Crippen LogP contribution in [-0.2, 0) is 12.3 Å². The van der Waals surface area contributed by atoms with E-state index in [0.717, 1.165) is 23.4 Å². The Labute approximate surface area is 154 Å². The molecule has 1 unspecified atom stereocenters. The van der Waals surface area contributed by atoms with E-state index < -0.39 is 0 Å². The van der Waals surface area contributed by atoms with Crippen LogP contribution in [0.4, 0.5) is 4.39 Å². The first-order valence-electron chi connectivity index (χ1n) is 7.38. The van der Waals surface area contributed by atoms with Crippen molar-refractivity contribution in [2.24, 2.45) is 0 Å². The molecule has 1 heterocycles. The molecule has 0 aliphatic heterocycles. The zero-order valence-electron chi connectivity index (χ0n) is 12.7. The summed E-state index contributed by atoms with van der Waals surface area (Å²) in [5.74, 6) is 0.512. The van der Waals surface area contributed by atoms with Crippen LogP contribution in [0.25, 0.3) is 0 Å². The number of aromatic nitrogens is 2. The van der Waals surface area contributed by atoms with Gasteiger partial charge in [-0.15, -0.1) is 11.8 Å². The summed E-state index contributed by atoms with van der Waals surface area (Å²) in [6.07, 6.45) is 5.46. The smallest absolute Gasteiger partial charge is 0.123 e. The first-order chi connectivity index (χ1) is 11.6. The zero-order chi connectivity index (χ0) is 16.9. The molecular weight excluding hydrogens is 366 g/mol. The van der Waals surface area contributed by atoms with Crippen LogP contribution in [0.1, 0.15) is 16.4 Å². The van der Waals surface area contributed by atoms with Crippen molar-refractivity contribution in [3.63, 3.8) is 0 Å². The van der Waals surface area contributed by atoms with Crippen LogP contribution in [-0.4, -0.2) is 9.55 Å². The third-order valence-corrected chi connectivity index (χ3v) is 5.52. The molecule has 2 nitrogen and oxygen atoms in total. The van der Waals surface area contributed by atoms with E-state index >= 15 is 0 Å². The summed E-state index contributed by atoms with van der Waals surface area (Å²) in [4.78, 5) is 4.08. The summed E-state index contributed by atoms with van der Waals surface area (Å²) < 4.78 is 15.2. The first kappa shape index (κ1) is 17.3. The number of benzene rings is 2. The lowest BCUT2D eigenvalue weighted by Gasteiger charge is -2.18. The topological polar surface area (TPSA) is 17.8 Å². The molecule has 0 radical (unpaired) electrons. The molecule has 0 saturated heterocycles. The highest BCUT2D eigenvalue weighted by molar-refractivity contribution is 7.98. The Balaban J connectivity index is 1.77. The molecule has 1 atom stereocenters. The maximum atomic E-state index is 13.2. The number of hydrogen-bond acceptors (Lipinski definition) is 2. The van der Waals surface area contributed by atoms with E-state index in [1.165, 1.54) is 12.1 Å². The lowest BCUT2D eigenvalue weighted by atomic mass is 10.1. The minimum atomic E-state index is -0.231. The van der Waals surface area contributed by atoms with Crippen LogP contribution < -0.4 is 0 Å². The predicted molar refractivity (Wildman–Crippen MR) is 99.1 cm³/mol. The number of imidazole rings is 1. The molecule has 0 amide bonds. The number of halogens is 3. The molecule has 3 rings (SSSR count). The van der Waals surface area contributed by atoms with Crippen molar-refractivity contribution in [2.75, 3.05) is 0 Å². The molecular formula is C18H15Cl2FN2S. The number of thioether (sulfide) groups is 1. The van der Waals surface area contributed by atoms with Crippen LogP contribution in [0.2, 0.25) is 10.0 Å². The van der Waals surface area contributed by atoms with E-state index in [-0.39, 0.29) is 11.1 Å². The van der Waals surface area contributed by atoms with Crippen LogP contribution >= 0.6 is 35.0 Å². The van der Waals surface area contributed by atoms with Crippen molar-refractivity contribution >= 4 is 35.0 Å². The van der Waals surface area contributed by atoms with Gasteiger partial charge in [0.1, 0.15) is 5.82 Å². The Morgan fingerprint density at radius 1 is 1.12 bits per heavy atom. The lowest BCUT2D eigenvalue weighted by molar-refractivity contribution is 0.625. The number of rotatable bonds is 6. The summed E-state index contributed by atoms with van der Waals surface area (Å²) in [6.45, 7) is 0.751. The van der Waals surface area contributed by atoms with E-state index in [2.05, 4.69) is 4.98 Å². The second kappa shape index (κ2) is 8.06. The maximum Gasteiger partial charge on any atom is 0.123 e. The Morgan fingerprint density at radius 3 is 2.58 bits per heavy atom. The maximum absolute atomic E-state index is 13.2. The van der Waals surface area contributed by atoms with Crippen molar-refractivity contribution in [1.82, 2.24) is 9.55 Å². The van der Waals surface area contributed by atoms with Crippen LogP contribution in [0.3, 0.4) is 0 Å². The average Bonchev–Trinajstić information content (AvgIpc) is 3.07. The SMILES string of the molecule is Fc1ccc(C(Cn2ccnc2)SCc2ccc(Cl)cc2Cl)cc1. The number of nitrogens with zero attached hydrogens (tertiary/aromatic N) is 2. The molecule has 24 heavy (non-hydrogen) atoms. The molecule has 6 heteroatoms. The monoisotopic (exact) mass is 380 g/mol. The van der Waals surface area contributed by atoms with E-state index in [1.54, 1.807) is 30.4 Å². The largest absolute Gasteiger partial charge is 0.336 e. The van der Waals surface area contributed by atoms with Gasteiger partial charge in [0, 0.05) is 40.0 Å². The quantitative estimate of drug-likeness (QED) is 0.521. The van der Waals surface area contributed by atoms with E-state index in [0.29, 0.717) is 10.0 Å². The fraction of sp³-hybridized carbons (Fsp3) is 0.167. The number of hydrogen-bond donors (Lipinski definition) is 0. The molecule has 0 aliphatic carbocycles. The van der Waals surface area contributed by atoms with Gasteiger partial charge >= 0.3 is 0 Å². The van der Waals surface area contributed by atoms with Crippen molar-refractivity contribution < 1.29 is 4.39 Å². The highest BCUT2D eigenvalue weighted by Gasteiger charge is 2.14. The molecule has 0 fully saturated rings. The molecule has 0 N–H and O–H groups in total. The fourth-order valence-electron chi connectivity index (χ4n) is 2.35. The van der Waals surface area contributed by atoms with E-state index in [9.17, 15) is 4.39 Å². The van der Waals surface area contributed by atoms with Gasteiger partial charge in [0.15, 0.2) is 0 Å².